The monoisotopic (exact) mass is 415 g/mol. The highest BCUT2D eigenvalue weighted by atomic mass is 16.5. The van der Waals surface area contributed by atoms with Gasteiger partial charge in [0.2, 0.25) is 0 Å². The molecule has 0 saturated carbocycles. The Labute approximate surface area is 186 Å². The summed E-state index contributed by atoms with van der Waals surface area (Å²) in [5.74, 6) is 0.893. The summed E-state index contributed by atoms with van der Waals surface area (Å²) in [6.07, 6.45) is 15.5. The summed E-state index contributed by atoms with van der Waals surface area (Å²) in [4.78, 5) is 12.4. The summed E-state index contributed by atoms with van der Waals surface area (Å²) in [6, 6.07) is 16.3. The number of benzene rings is 2. The molecule has 0 heterocycles. The normalized spacial score (nSPS) is 15.7. The van der Waals surface area contributed by atoms with E-state index in [2.05, 4.69) is 19.1 Å². The van der Waals surface area contributed by atoms with Crippen LogP contribution in [0.1, 0.15) is 92.6 Å². The lowest BCUT2D eigenvalue weighted by atomic mass is 9.83. The van der Waals surface area contributed by atoms with E-state index in [-0.39, 0.29) is 5.97 Å². The van der Waals surface area contributed by atoms with Crippen LogP contribution in [0.15, 0.2) is 54.6 Å². The van der Waals surface area contributed by atoms with Crippen LogP contribution < -0.4 is 4.74 Å². The molecule has 3 heteroatoms. The van der Waals surface area contributed by atoms with Crippen LogP contribution in [-0.2, 0) is 0 Å². The van der Waals surface area contributed by atoms with Crippen molar-refractivity contribution >= 4 is 11.5 Å². The quantitative estimate of drug-likeness (QED) is 0.227. The van der Waals surface area contributed by atoms with Crippen molar-refractivity contribution in [1.29, 1.82) is 5.26 Å². The minimum atomic E-state index is -0.382. The Hall–Kier alpha value is -2.86. The van der Waals surface area contributed by atoms with Crippen molar-refractivity contribution < 1.29 is 9.53 Å². The second kappa shape index (κ2) is 12.1. The third kappa shape index (κ3) is 7.10. The molecule has 1 atom stereocenters. The Morgan fingerprint density at radius 1 is 1.00 bits per heavy atom. The third-order valence-corrected chi connectivity index (χ3v) is 6.17. The maximum atomic E-state index is 12.4. The highest BCUT2D eigenvalue weighted by Gasteiger charge is 2.16. The molecule has 0 radical (unpaired) electrons. The zero-order valence-corrected chi connectivity index (χ0v) is 18.6. The van der Waals surface area contributed by atoms with Crippen LogP contribution in [-0.4, -0.2) is 5.97 Å². The molecule has 2 aromatic carbocycles. The Kier molecular flexibility index (Phi) is 8.91. The molecule has 31 heavy (non-hydrogen) atoms. The molecule has 3 nitrogen and oxygen atoms in total. The van der Waals surface area contributed by atoms with Gasteiger partial charge >= 0.3 is 5.97 Å². The maximum absolute atomic E-state index is 12.4. The van der Waals surface area contributed by atoms with E-state index < -0.39 is 0 Å². The lowest BCUT2D eigenvalue weighted by Crippen LogP contribution is -2.09. The zero-order valence-electron chi connectivity index (χ0n) is 18.6. The van der Waals surface area contributed by atoms with E-state index in [0.717, 1.165) is 12.3 Å². The Balaban J connectivity index is 1.47. The molecule has 1 aliphatic rings. The number of esters is 1. The van der Waals surface area contributed by atoms with Crippen LogP contribution in [0.4, 0.5) is 0 Å². The minimum Gasteiger partial charge on any atom is -0.423 e. The van der Waals surface area contributed by atoms with E-state index in [1.54, 1.807) is 24.3 Å². The van der Waals surface area contributed by atoms with Crippen molar-refractivity contribution in [3.05, 3.63) is 71.3 Å². The minimum absolute atomic E-state index is 0.382. The van der Waals surface area contributed by atoms with Crippen molar-refractivity contribution in [3.63, 3.8) is 0 Å². The highest BCUT2D eigenvalue weighted by Crippen LogP contribution is 2.33. The van der Waals surface area contributed by atoms with Gasteiger partial charge in [-0.25, -0.2) is 4.79 Å². The summed E-state index contributed by atoms with van der Waals surface area (Å²) < 4.78 is 5.40. The van der Waals surface area contributed by atoms with E-state index >= 15 is 0 Å². The standard InChI is InChI=1S/C28H33NO2/c1-2-3-4-5-6-7-8-22-9-13-24(14-10-22)25-15-17-26(18-16-25)28(30)31-27-19-11-23(21-29)12-20-27/h11-13,15-20,22H,2-10,14H2,1H3. The van der Waals surface area contributed by atoms with Crippen LogP contribution in [0.5, 0.6) is 5.75 Å². The van der Waals surface area contributed by atoms with Gasteiger partial charge in [0.25, 0.3) is 0 Å². The number of nitrogens with zero attached hydrogens (tertiary/aromatic N) is 1. The molecule has 0 aliphatic heterocycles. The number of unbranched alkanes of at least 4 members (excludes halogenated alkanes) is 5. The van der Waals surface area contributed by atoms with Gasteiger partial charge in [-0.2, -0.15) is 5.26 Å². The van der Waals surface area contributed by atoms with Crippen molar-refractivity contribution in [3.8, 4) is 11.8 Å². The predicted molar refractivity (Wildman–Crippen MR) is 126 cm³/mol. The van der Waals surface area contributed by atoms with Gasteiger partial charge in [-0.05, 0) is 72.7 Å². The number of rotatable bonds is 10. The topological polar surface area (TPSA) is 50.1 Å². The van der Waals surface area contributed by atoms with E-state index in [1.807, 2.05) is 24.3 Å². The van der Waals surface area contributed by atoms with E-state index in [1.165, 1.54) is 68.9 Å². The zero-order chi connectivity index (χ0) is 21.9. The first-order chi connectivity index (χ1) is 15.2. The van der Waals surface area contributed by atoms with Crippen molar-refractivity contribution in [2.75, 3.05) is 0 Å². The molecule has 0 bridgehead atoms. The molecule has 1 aliphatic carbocycles. The molecule has 0 saturated heterocycles. The Morgan fingerprint density at radius 2 is 1.71 bits per heavy atom. The van der Waals surface area contributed by atoms with Gasteiger partial charge in [0.1, 0.15) is 5.75 Å². The number of hydrogen-bond acceptors (Lipinski definition) is 3. The number of allylic oxidation sites excluding steroid dienone is 2. The average Bonchev–Trinajstić information content (AvgIpc) is 2.82. The molecular weight excluding hydrogens is 382 g/mol. The molecule has 162 valence electrons. The SMILES string of the molecule is CCCCCCCCC1CC=C(c2ccc(C(=O)Oc3ccc(C#N)cc3)cc2)CC1. The second-order valence-electron chi connectivity index (χ2n) is 8.53. The van der Waals surface area contributed by atoms with E-state index in [0.29, 0.717) is 16.9 Å². The van der Waals surface area contributed by atoms with Crippen molar-refractivity contribution in [1.82, 2.24) is 0 Å². The summed E-state index contributed by atoms with van der Waals surface area (Å²) >= 11 is 0. The number of carbonyl (C=O) groups excluding carboxylic acids is 1. The van der Waals surface area contributed by atoms with Gasteiger partial charge in [-0.15, -0.1) is 0 Å². The largest absolute Gasteiger partial charge is 0.423 e. The fourth-order valence-electron chi connectivity index (χ4n) is 4.21. The molecule has 0 amide bonds. The average molecular weight is 416 g/mol. The van der Waals surface area contributed by atoms with Gasteiger partial charge in [-0.3, -0.25) is 0 Å². The Bertz CT molecular complexity index is 904. The number of nitriles is 1. The first kappa shape index (κ1) is 22.8. The highest BCUT2D eigenvalue weighted by molar-refractivity contribution is 5.91. The van der Waals surface area contributed by atoms with Gasteiger partial charge in [0, 0.05) is 0 Å². The van der Waals surface area contributed by atoms with Crippen LogP contribution in [0, 0.1) is 17.2 Å². The smallest absolute Gasteiger partial charge is 0.343 e. The molecule has 0 spiro atoms. The molecule has 0 fully saturated rings. The fourth-order valence-corrected chi connectivity index (χ4v) is 4.21. The Morgan fingerprint density at radius 3 is 2.35 bits per heavy atom. The van der Waals surface area contributed by atoms with Gasteiger partial charge < -0.3 is 4.74 Å². The molecule has 2 aromatic rings. The third-order valence-electron chi connectivity index (χ3n) is 6.17. The molecule has 0 aromatic heterocycles. The maximum Gasteiger partial charge on any atom is 0.343 e. The lowest BCUT2D eigenvalue weighted by Gasteiger charge is -2.22. The van der Waals surface area contributed by atoms with E-state index in [4.69, 9.17) is 10.00 Å². The van der Waals surface area contributed by atoms with Crippen LogP contribution >= 0.6 is 0 Å². The number of ether oxygens (including phenoxy) is 1. The number of hydrogen-bond donors (Lipinski definition) is 0. The fraction of sp³-hybridized carbons (Fsp3) is 0.429. The molecular formula is C28H33NO2. The van der Waals surface area contributed by atoms with Crippen LogP contribution in [0.3, 0.4) is 0 Å². The summed E-state index contributed by atoms with van der Waals surface area (Å²) in [6.45, 7) is 2.27. The summed E-state index contributed by atoms with van der Waals surface area (Å²) in [7, 11) is 0. The first-order valence-corrected chi connectivity index (χ1v) is 11.7. The summed E-state index contributed by atoms with van der Waals surface area (Å²) in [5.41, 5.74) is 3.67. The molecule has 3 rings (SSSR count). The van der Waals surface area contributed by atoms with Crippen molar-refractivity contribution in [2.24, 2.45) is 5.92 Å². The van der Waals surface area contributed by atoms with Crippen LogP contribution in [0.2, 0.25) is 0 Å². The van der Waals surface area contributed by atoms with Gasteiger partial charge in [-0.1, -0.05) is 70.1 Å². The lowest BCUT2D eigenvalue weighted by molar-refractivity contribution is 0.0734. The number of carbonyl (C=O) groups is 1. The van der Waals surface area contributed by atoms with Crippen molar-refractivity contribution in [2.45, 2.75) is 71.1 Å². The van der Waals surface area contributed by atoms with Gasteiger partial charge in [0.15, 0.2) is 0 Å². The summed E-state index contributed by atoms with van der Waals surface area (Å²) in [5, 5.41) is 8.85. The first-order valence-electron chi connectivity index (χ1n) is 11.7. The molecule has 0 N–H and O–H groups in total. The predicted octanol–water partition coefficient (Wildman–Crippen LogP) is 7.71. The van der Waals surface area contributed by atoms with Crippen LogP contribution in [0.25, 0.3) is 5.57 Å². The van der Waals surface area contributed by atoms with E-state index in [9.17, 15) is 4.79 Å². The molecule has 1 unspecified atom stereocenters. The second-order valence-corrected chi connectivity index (χ2v) is 8.53. The van der Waals surface area contributed by atoms with Gasteiger partial charge in [0.05, 0.1) is 17.2 Å².